The molecule has 0 aliphatic rings. The van der Waals surface area contributed by atoms with E-state index in [-0.39, 0.29) is 23.1 Å². The molecule has 244 valence electrons. The van der Waals surface area contributed by atoms with Crippen LogP contribution >= 0.6 is 0 Å². The van der Waals surface area contributed by atoms with Gasteiger partial charge in [0.25, 0.3) is 5.56 Å². The van der Waals surface area contributed by atoms with E-state index in [1.54, 1.807) is 24.1 Å². The largest absolute Gasteiger partial charge is 0.497 e. The Hall–Kier alpha value is -5.18. The van der Waals surface area contributed by atoms with E-state index in [0.717, 1.165) is 40.6 Å². The van der Waals surface area contributed by atoms with Gasteiger partial charge in [-0.05, 0) is 71.3 Å². The summed E-state index contributed by atoms with van der Waals surface area (Å²) in [6, 6.07) is 18.6. The van der Waals surface area contributed by atoms with Crippen molar-refractivity contribution in [1.29, 1.82) is 0 Å². The maximum absolute atomic E-state index is 14.9. The highest BCUT2D eigenvalue weighted by Crippen LogP contribution is 2.46. The monoisotopic (exact) mass is 632 g/mol. The number of nitrogens with one attached hydrogen (secondary N) is 1. The number of nitrogens with two attached hydrogens (primary N) is 1. The Kier molecular flexibility index (Phi) is 10.2. The molecule has 0 fully saturated rings. The molecule has 0 saturated heterocycles. The van der Waals surface area contributed by atoms with Gasteiger partial charge in [-0.25, -0.2) is 9.78 Å². The van der Waals surface area contributed by atoms with E-state index in [1.807, 2.05) is 60.8 Å². The normalized spacial score (nSPS) is 11.3. The van der Waals surface area contributed by atoms with Crippen molar-refractivity contribution in [2.45, 2.75) is 72.4 Å². The molecular weight excluding hydrogens is 588 g/mol. The maximum Gasteiger partial charge on any atom is 0.324 e. The first-order valence-corrected chi connectivity index (χ1v) is 16.2. The first-order chi connectivity index (χ1) is 22.7. The van der Waals surface area contributed by atoms with Crippen LogP contribution in [-0.2, 0) is 13.1 Å². The molecule has 47 heavy (non-hydrogen) atoms. The number of urea groups is 1. The van der Waals surface area contributed by atoms with Gasteiger partial charge in [0, 0.05) is 53.9 Å². The minimum atomic E-state index is -0.746. The smallest absolute Gasteiger partial charge is 0.324 e. The number of ether oxygens (including phenoxy) is 1. The van der Waals surface area contributed by atoms with E-state index in [4.69, 9.17) is 10.5 Å². The maximum atomic E-state index is 14.9. The van der Waals surface area contributed by atoms with E-state index in [9.17, 15) is 9.59 Å². The van der Waals surface area contributed by atoms with Crippen LogP contribution in [0.2, 0.25) is 0 Å². The van der Waals surface area contributed by atoms with Crippen LogP contribution < -0.4 is 26.2 Å². The van der Waals surface area contributed by atoms with Crippen LogP contribution in [0, 0.1) is 0 Å². The highest BCUT2D eigenvalue weighted by molar-refractivity contribution is 6.09. The Labute approximate surface area is 276 Å². The van der Waals surface area contributed by atoms with E-state index in [2.05, 4.69) is 56.0 Å². The average molecular weight is 633 g/mol. The number of amides is 2. The molecule has 9 nitrogen and oxygen atoms in total. The minimum absolute atomic E-state index is 0.0152. The molecule has 3 aromatic heterocycles. The summed E-state index contributed by atoms with van der Waals surface area (Å²) in [6.45, 7) is 11.4. The van der Waals surface area contributed by atoms with E-state index in [0.29, 0.717) is 41.3 Å². The zero-order chi connectivity index (χ0) is 33.7. The number of anilines is 3. The Morgan fingerprint density at radius 1 is 1.00 bits per heavy atom. The SMILES string of the molecule is CCCCn1c(=O)c(N(C(N)=O)c2c(C(C)C)ccc(NCc3cccnc3)c2C(C)C)c(-c2cccc(OC)c2)c2cccnc21. The Morgan fingerprint density at radius 3 is 2.45 bits per heavy atom. The van der Waals surface area contributed by atoms with Crippen molar-refractivity contribution in [2.24, 2.45) is 5.73 Å². The van der Waals surface area contributed by atoms with Crippen LogP contribution in [0.5, 0.6) is 5.75 Å². The Bertz CT molecular complexity index is 1930. The summed E-state index contributed by atoms with van der Waals surface area (Å²) in [7, 11) is 1.60. The van der Waals surface area contributed by atoms with Gasteiger partial charge in [-0.15, -0.1) is 0 Å². The predicted octanol–water partition coefficient (Wildman–Crippen LogP) is 8.34. The second kappa shape index (κ2) is 14.5. The summed E-state index contributed by atoms with van der Waals surface area (Å²) < 4.78 is 7.27. The number of rotatable bonds is 12. The topological polar surface area (TPSA) is 115 Å². The van der Waals surface area contributed by atoms with E-state index in [1.165, 1.54) is 4.90 Å². The second-order valence-electron chi connectivity index (χ2n) is 12.3. The van der Waals surface area contributed by atoms with Crippen molar-refractivity contribution in [1.82, 2.24) is 14.5 Å². The van der Waals surface area contributed by atoms with Crippen molar-refractivity contribution in [3.05, 3.63) is 106 Å². The Morgan fingerprint density at radius 2 is 1.79 bits per heavy atom. The van der Waals surface area contributed by atoms with Gasteiger partial charge in [-0.1, -0.05) is 65.3 Å². The molecule has 9 heteroatoms. The highest BCUT2D eigenvalue weighted by Gasteiger charge is 2.32. The zero-order valence-electron chi connectivity index (χ0n) is 28.1. The fourth-order valence-electron chi connectivity index (χ4n) is 6.18. The summed E-state index contributed by atoms with van der Waals surface area (Å²) in [5, 5.41) is 4.32. The van der Waals surface area contributed by atoms with Crippen LogP contribution in [0.25, 0.3) is 22.2 Å². The molecule has 0 atom stereocenters. The van der Waals surface area contributed by atoms with Gasteiger partial charge in [0.15, 0.2) is 0 Å². The molecule has 0 aliphatic carbocycles. The fraction of sp³-hybridized carbons (Fsp3) is 0.316. The van der Waals surface area contributed by atoms with E-state index < -0.39 is 6.03 Å². The summed E-state index contributed by atoms with van der Waals surface area (Å²) in [5.41, 5.74) is 12.4. The average Bonchev–Trinajstić information content (AvgIpc) is 3.07. The number of hydrogen-bond donors (Lipinski definition) is 2. The minimum Gasteiger partial charge on any atom is -0.497 e. The van der Waals surface area contributed by atoms with Gasteiger partial charge in [0.1, 0.15) is 17.1 Å². The lowest BCUT2D eigenvalue weighted by Gasteiger charge is -2.32. The van der Waals surface area contributed by atoms with Crippen LogP contribution in [0.4, 0.5) is 21.9 Å². The van der Waals surface area contributed by atoms with Crippen molar-refractivity contribution in [3.63, 3.8) is 0 Å². The van der Waals surface area contributed by atoms with Crippen molar-refractivity contribution >= 4 is 34.1 Å². The molecule has 5 aromatic rings. The first kappa shape index (κ1) is 33.2. The molecule has 5 rings (SSSR count). The number of aryl methyl sites for hydroxylation is 1. The number of carbonyl (C=O) groups excluding carboxylic acids is 1. The lowest BCUT2D eigenvalue weighted by Crippen LogP contribution is -2.39. The molecule has 2 amide bonds. The summed E-state index contributed by atoms with van der Waals surface area (Å²) in [5.74, 6) is 0.603. The number of methoxy groups -OCH3 is 1. The molecule has 0 saturated carbocycles. The van der Waals surface area contributed by atoms with Gasteiger partial charge in [0.05, 0.1) is 12.8 Å². The van der Waals surface area contributed by atoms with Crippen LogP contribution in [0.1, 0.15) is 76.0 Å². The summed E-state index contributed by atoms with van der Waals surface area (Å²) in [4.78, 5) is 39.3. The second-order valence-corrected chi connectivity index (χ2v) is 12.3. The summed E-state index contributed by atoms with van der Waals surface area (Å²) in [6.07, 6.45) is 6.91. The predicted molar refractivity (Wildman–Crippen MR) is 191 cm³/mol. The van der Waals surface area contributed by atoms with Crippen LogP contribution in [-0.4, -0.2) is 27.7 Å². The number of aromatic nitrogens is 3. The van der Waals surface area contributed by atoms with Crippen LogP contribution in [0.15, 0.2) is 84.0 Å². The quantitative estimate of drug-likeness (QED) is 0.143. The number of fused-ring (bicyclic) bond motifs is 1. The van der Waals surface area contributed by atoms with Gasteiger partial charge in [-0.2, -0.15) is 0 Å². The highest BCUT2D eigenvalue weighted by atomic mass is 16.5. The molecule has 0 bridgehead atoms. The molecule has 0 aliphatic heterocycles. The lowest BCUT2D eigenvalue weighted by atomic mass is 9.89. The molecule has 0 spiro atoms. The van der Waals surface area contributed by atoms with Crippen molar-refractivity contribution in [3.8, 4) is 16.9 Å². The number of hydrogen-bond acceptors (Lipinski definition) is 6. The summed E-state index contributed by atoms with van der Waals surface area (Å²) >= 11 is 0. The molecule has 0 unspecified atom stereocenters. The van der Waals surface area contributed by atoms with Gasteiger partial charge in [-0.3, -0.25) is 19.2 Å². The number of pyridine rings is 3. The molecule has 0 radical (unpaired) electrons. The molecule has 3 N–H and O–H groups in total. The third-order valence-corrected chi connectivity index (χ3v) is 8.41. The van der Waals surface area contributed by atoms with Crippen LogP contribution in [0.3, 0.4) is 0 Å². The molecular formula is C38H44N6O3. The molecule has 2 aromatic carbocycles. The zero-order valence-corrected chi connectivity index (χ0v) is 28.1. The molecule has 3 heterocycles. The fourth-order valence-corrected chi connectivity index (χ4v) is 6.18. The third-order valence-electron chi connectivity index (χ3n) is 8.41. The van der Waals surface area contributed by atoms with Crippen molar-refractivity contribution < 1.29 is 9.53 Å². The van der Waals surface area contributed by atoms with Crippen molar-refractivity contribution in [2.75, 3.05) is 17.3 Å². The number of benzene rings is 2. The number of carbonyl (C=O) groups is 1. The first-order valence-electron chi connectivity index (χ1n) is 16.2. The lowest BCUT2D eigenvalue weighted by molar-refractivity contribution is 0.256. The van der Waals surface area contributed by atoms with Gasteiger partial charge < -0.3 is 15.8 Å². The van der Waals surface area contributed by atoms with E-state index >= 15 is 0 Å². The third kappa shape index (κ3) is 6.70. The standard InChI is InChI=1S/C38H44N6O3/c1-7-8-20-43-36-30(15-11-19-41-36)33(27-13-9-14-28(21-27)47-6)35(37(43)45)44(38(39)46)34-29(24(2)3)16-17-31(32(34)25(4)5)42-23-26-12-10-18-40-22-26/h9-19,21-22,24-25,42H,7-8,20,23H2,1-6H3,(H2,39,46). The number of nitrogens with zero attached hydrogens (tertiary/aromatic N) is 4. The number of unbranched alkanes of at least 4 members (excludes halogenated alkanes) is 1. The Balaban J connectivity index is 1.90. The number of primary amides is 1. The van der Waals surface area contributed by atoms with Gasteiger partial charge >= 0.3 is 6.03 Å². The van der Waals surface area contributed by atoms with Gasteiger partial charge in [0.2, 0.25) is 0 Å².